The van der Waals surface area contributed by atoms with E-state index in [9.17, 15) is 9.90 Å². The first-order valence-electron chi connectivity index (χ1n) is 9.04. The maximum atomic E-state index is 12.5. The van der Waals surface area contributed by atoms with Gasteiger partial charge in [0.1, 0.15) is 18.5 Å². The molecule has 3 aromatic rings. The number of anilines is 1. The molecule has 1 fully saturated rings. The van der Waals surface area contributed by atoms with E-state index in [-0.39, 0.29) is 12.0 Å². The van der Waals surface area contributed by atoms with Gasteiger partial charge in [-0.2, -0.15) is 0 Å². The van der Waals surface area contributed by atoms with Crippen LogP contribution in [0.3, 0.4) is 0 Å². The SMILES string of the molecule is CC[C@H]1O[C@@H](n2cnc3c(NC(=O)c4ccccc4)ncnc32)[C@H](OC)[C@@H]1O. The Balaban J connectivity index is 1.66. The summed E-state index contributed by atoms with van der Waals surface area (Å²) in [4.78, 5) is 25.3. The summed E-state index contributed by atoms with van der Waals surface area (Å²) < 4.78 is 13.1. The minimum atomic E-state index is -0.753. The molecule has 9 heteroatoms. The minimum absolute atomic E-state index is 0.288. The van der Waals surface area contributed by atoms with Crippen molar-refractivity contribution < 1.29 is 19.4 Å². The van der Waals surface area contributed by atoms with Crippen LogP contribution in [0.25, 0.3) is 11.2 Å². The quantitative estimate of drug-likeness (QED) is 0.690. The maximum absolute atomic E-state index is 12.5. The number of rotatable bonds is 5. The Hall–Kier alpha value is -2.88. The predicted molar refractivity (Wildman–Crippen MR) is 101 cm³/mol. The molecule has 2 aromatic heterocycles. The number of carbonyl (C=O) groups excluding carboxylic acids is 1. The van der Waals surface area contributed by atoms with Gasteiger partial charge in [0.05, 0.1) is 12.4 Å². The third-order valence-corrected chi connectivity index (χ3v) is 4.89. The molecule has 1 aliphatic rings. The van der Waals surface area contributed by atoms with Crippen LogP contribution in [-0.2, 0) is 9.47 Å². The Morgan fingerprint density at radius 1 is 1.29 bits per heavy atom. The van der Waals surface area contributed by atoms with Crippen LogP contribution < -0.4 is 5.32 Å². The normalized spacial score (nSPS) is 24.5. The molecule has 4 atom stereocenters. The fraction of sp³-hybridized carbons (Fsp3) is 0.368. The number of imidazole rings is 1. The standard InChI is InChI=1S/C19H21N5O4/c1-3-12-14(25)15(27-2)19(28-12)24-10-22-13-16(20-9-21-17(13)24)23-18(26)11-7-5-4-6-8-11/h4-10,12,14-15,19,25H,3H2,1-2H3,(H,20,21,23,26)/t12-,14-,15-,19-/m1/s1. The molecule has 0 aliphatic carbocycles. The van der Waals surface area contributed by atoms with Gasteiger partial charge in [0.25, 0.3) is 5.91 Å². The zero-order valence-electron chi connectivity index (χ0n) is 15.5. The molecule has 0 spiro atoms. The zero-order chi connectivity index (χ0) is 19.7. The molecule has 1 saturated heterocycles. The molecular weight excluding hydrogens is 362 g/mol. The van der Waals surface area contributed by atoms with Crippen molar-refractivity contribution in [2.75, 3.05) is 12.4 Å². The molecule has 1 aliphatic heterocycles. The highest BCUT2D eigenvalue weighted by molar-refractivity contribution is 6.06. The lowest BCUT2D eigenvalue weighted by atomic mass is 10.1. The molecule has 3 heterocycles. The maximum Gasteiger partial charge on any atom is 0.256 e. The van der Waals surface area contributed by atoms with Gasteiger partial charge >= 0.3 is 0 Å². The van der Waals surface area contributed by atoms with Crippen molar-refractivity contribution in [1.29, 1.82) is 0 Å². The monoisotopic (exact) mass is 383 g/mol. The molecule has 0 radical (unpaired) electrons. The molecular formula is C19H21N5O4. The number of aliphatic hydroxyl groups is 1. The average molecular weight is 383 g/mol. The summed E-state index contributed by atoms with van der Waals surface area (Å²) in [7, 11) is 1.53. The number of nitrogens with zero attached hydrogens (tertiary/aromatic N) is 4. The first-order valence-corrected chi connectivity index (χ1v) is 9.04. The number of hydrogen-bond donors (Lipinski definition) is 2. The van der Waals surface area contributed by atoms with Crippen molar-refractivity contribution in [3.63, 3.8) is 0 Å². The van der Waals surface area contributed by atoms with Crippen LogP contribution in [0, 0.1) is 0 Å². The summed E-state index contributed by atoms with van der Waals surface area (Å²) in [6.07, 6.45) is 1.33. The zero-order valence-corrected chi connectivity index (χ0v) is 15.5. The van der Waals surface area contributed by atoms with Gasteiger partial charge in [-0.3, -0.25) is 9.36 Å². The second-order valence-electron chi connectivity index (χ2n) is 6.53. The lowest BCUT2D eigenvalue weighted by molar-refractivity contribution is -0.0497. The van der Waals surface area contributed by atoms with E-state index in [4.69, 9.17) is 9.47 Å². The van der Waals surface area contributed by atoms with Crippen LogP contribution in [0.4, 0.5) is 5.82 Å². The van der Waals surface area contributed by atoms with Crippen molar-refractivity contribution >= 4 is 22.9 Å². The van der Waals surface area contributed by atoms with Gasteiger partial charge in [0.15, 0.2) is 23.2 Å². The molecule has 0 saturated carbocycles. The fourth-order valence-electron chi connectivity index (χ4n) is 3.43. The second kappa shape index (κ2) is 7.63. The largest absolute Gasteiger partial charge is 0.388 e. The number of methoxy groups -OCH3 is 1. The van der Waals surface area contributed by atoms with Crippen LogP contribution in [-0.4, -0.2) is 56.0 Å². The molecule has 4 rings (SSSR count). The van der Waals surface area contributed by atoms with Gasteiger partial charge in [-0.25, -0.2) is 15.0 Å². The van der Waals surface area contributed by atoms with Gasteiger partial charge in [-0.05, 0) is 18.6 Å². The summed E-state index contributed by atoms with van der Waals surface area (Å²) in [5, 5.41) is 13.2. The molecule has 1 amide bonds. The molecule has 9 nitrogen and oxygen atoms in total. The second-order valence-corrected chi connectivity index (χ2v) is 6.53. The smallest absolute Gasteiger partial charge is 0.256 e. The molecule has 1 aromatic carbocycles. The van der Waals surface area contributed by atoms with Crippen LogP contribution in [0.5, 0.6) is 0 Å². The number of nitrogens with one attached hydrogen (secondary N) is 1. The number of ether oxygens (including phenoxy) is 2. The first kappa shape index (κ1) is 18.5. The van der Waals surface area contributed by atoms with E-state index in [0.717, 1.165) is 0 Å². The predicted octanol–water partition coefficient (Wildman–Crippen LogP) is 1.76. The van der Waals surface area contributed by atoms with Gasteiger partial charge in [0, 0.05) is 12.7 Å². The van der Waals surface area contributed by atoms with Gasteiger partial charge in [-0.15, -0.1) is 0 Å². The van der Waals surface area contributed by atoms with E-state index in [2.05, 4.69) is 20.3 Å². The number of amides is 1. The third kappa shape index (κ3) is 3.13. The first-order chi connectivity index (χ1) is 13.6. The van der Waals surface area contributed by atoms with E-state index < -0.39 is 18.4 Å². The lowest BCUT2D eigenvalue weighted by Crippen LogP contribution is -2.33. The summed E-state index contributed by atoms with van der Waals surface area (Å²) >= 11 is 0. The highest BCUT2D eigenvalue weighted by atomic mass is 16.6. The summed E-state index contributed by atoms with van der Waals surface area (Å²) in [5.41, 5.74) is 1.43. The lowest BCUT2D eigenvalue weighted by Gasteiger charge is -2.19. The number of carbonyl (C=O) groups is 1. The Kier molecular flexibility index (Phi) is 5.03. The molecule has 0 unspecified atom stereocenters. The van der Waals surface area contributed by atoms with E-state index in [1.165, 1.54) is 13.4 Å². The van der Waals surface area contributed by atoms with E-state index in [0.29, 0.717) is 29.0 Å². The van der Waals surface area contributed by atoms with Crippen molar-refractivity contribution in [1.82, 2.24) is 19.5 Å². The highest BCUT2D eigenvalue weighted by Gasteiger charge is 2.44. The van der Waals surface area contributed by atoms with Crippen LogP contribution in [0.15, 0.2) is 43.0 Å². The van der Waals surface area contributed by atoms with Crippen LogP contribution in [0.1, 0.15) is 29.9 Å². The highest BCUT2D eigenvalue weighted by Crippen LogP contribution is 2.34. The Labute approximate surface area is 161 Å². The van der Waals surface area contributed by atoms with E-state index >= 15 is 0 Å². The van der Waals surface area contributed by atoms with Crippen molar-refractivity contribution in [3.05, 3.63) is 48.5 Å². The van der Waals surface area contributed by atoms with Gasteiger partial charge in [-0.1, -0.05) is 25.1 Å². The van der Waals surface area contributed by atoms with Crippen molar-refractivity contribution in [2.45, 2.75) is 37.9 Å². The fourth-order valence-corrected chi connectivity index (χ4v) is 3.43. The number of aliphatic hydroxyl groups excluding tert-OH is 1. The van der Waals surface area contributed by atoms with Gasteiger partial charge < -0.3 is 19.9 Å². The summed E-state index contributed by atoms with van der Waals surface area (Å²) in [6, 6.07) is 8.85. The summed E-state index contributed by atoms with van der Waals surface area (Å²) in [6.45, 7) is 1.94. The number of benzene rings is 1. The average Bonchev–Trinajstić information content (AvgIpc) is 3.29. The topological polar surface area (TPSA) is 111 Å². The van der Waals surface area contributed by atoms with Crippen molar-refractivity contribution in [3.8, 4) is 0 Å². The molecule has 2 N–H and O–H groups in total. The number of fused-ring (bicyclic) bond motifs is 1. The third-order valence-electron chi connectivity index (χ3n) is 4.89. The summed E-state index contributed by atoms with van der Waals surface area (Å²) in [5.74, 6) is 0.0145. The molecule has 0 bridgehead atoms. The Bertz CT molecular complexity index is 977. The molecule has 146 valence electrons. The number of hydrogen-bond acceptors (Lipinski definition) is 7. The Morgan fingerprint density at radius 2 is 2.07 bits per heavy atom. The minimum Gasteiger partial charge on any atom is -0.388 e. The Morgan fingerprint density at radius 3 is 2.79 bits per heavy atom. The van der Waals surface area contributed by atoms with Crippen LogP contribution in [0.2, 0.25) is 0 Å². The van der Waals surface area contributed by atoms with Gasteiger partial charge in [0.2, 0.25) is 0 Å². The van der Waals surface area contributed by atoms with Crippen LogP contribution >= 0.6 is 0 Å². The van der Waals surface area contributed by atoms with E-state index in [1.807, 2.05) is 13.0 Å². The van der Waals surface area contributed by atoms with Crippen molar-refractivity contribution in [2.24, 2.45) is 0 Å². The van der Waals surface area contributed by atoms with E-state index in [1.54, 1.807) is 35.2 Å². The molecule has 28 heavy (non-hydrogen) atoms. The number of aromatic nitrogens is 4.